The molecule has 1 aromatic rings. The largest absolute Gasteiger partial charge is 0.474 e. The van der Waals surface area contributed by atoms with Crippen LogP contribution in [0.3, 0.4) is 0 Å². The summed E-state index contributed by atoms with van der Waals surface area (Å²) in [6, 6.07) is 4.60. The minimum absolute atomic E-state index is 0.118. The van der Waals surface area contributed by atoms with E-state index in [2.05, 4.69) is 31.9 Å². The van der Waals surface area contributed by atoms with Gasteiger partial charge in [0.2, 0.25) is 0 Å². The van der Waals surface area contributed by atoms with Crippen molar-refractivity contribution in [2.75, 3.05) is 5.73 Å². The molecular formula is C7H5Br2ClN2O3. The Labute approximate surface area is 107 Å². The number of hydrogen-bond acceptors (Lipinski definition) is 4. The third-order valence-corrected chi connectivity index (χ3v) is 2.69. The van der Waals surface area contributed by atoms with Crippen molar-refractivity contribution < 1.29 is 9.66 Å². The fourth-order valence-corrected chi connectivity index (χ4v) is 1.29. The summed E-state index contributed by atoms with van der Waals surface area (Å²) in [6.45, 7) is 0. The molecule has 0 radical (unpaired) electrons. The van der Waals surface area contributed by atoms with Gasteiger partial charge in [-0.1, -0.05) is 17.7 Å². The molecule has 0 aliphatic carbocycles. The molecule has 0 fully saturated rings. The molecule has 0 atom stereocenters. The Bertz CT molecular complexity index is 400. The highest BCUT2D eigenvalue weighted by Crippen LogP contribution is 2.36. The van der Waals surface area contributed by atoms with Gasteiger partial charge in [-0.05, 0) is 12.1 Å². The Balaban J connectivity index is 3.00. The van der Waals surface area contributed by atoms with Crippen LogP contribution < -0.4 is 10.5 Å². The van der Waals surface area contributed by atoms with Crippen LogP contribution in [-0.2, 0) is 0 Å². The van der Waals surface area contributed by atoms with E-state index in [4.69, 9.17) is 22.1 Å². The van der Waals surface area contributed by atoms with Crippen molar-refractivity contribution in [2.45, 2.75) is 3.54 Å². The van der Waals surface area contributed by atoms with E-state index in [1.807, 2.05) is 0 Å². The summed E-state index contributed by atoms with van der Waals surface area (Å²) in [7, 11) is 0. The van der Waals surface area contributed by atoms with Crippen molar-refractivity contribution >= 4 is 49.1 Å². The topological polar surface area (TPSA) is 78.4 Å². The minimum Gasteiger partial charge on any atom is -0.409 e. The van der Waals surface area contributed by atoms with Crippen LogP contribution in [0.25, 0.3) is 0 Å². The second kappa shape index (κ2) is 4.54. The van der Waals surface area contributed by atoms with Crippen LogP contribution in [0.15, 0.2) is 18.2 Å². The van der Waals surface area contributed by atoms with Crippen LogP contribution in [0.5, 0.6) is 5.75 Å². The van der Waals surface area contributed by atoms with Crippen molar-refractivity contribution in [3.63, 3.8) is 0 Å². The maximum Gasteiger partial charge on any atom is 0.474 e. The van der Waals surface area contributed by atoms with Gasteiger partial charge in [-0.25, -0.2) is 0 Å². The summed E-state index contributed by atoms with van der Waals surface area (Å²) in [5.74, 6) is 0.118. The van der Waals surface area contributed by atoms with Gasteiger partial charge in [0, 0.05) is 0 Å². The van der Waals surface area contributed by atoms with Crippen LogP contribution in [0.4, 0.5) is 5.69 Å². The van der Waals surface area contributed by atoms with Crippen molar-refractivity contribution in [1.82, 2.24) is 0 Å². The number of nitro groups is 1. The van der Waals surface area contributed by atoms with Gasteiger partial charge < -0.3 is 10.5 Å². The number of hydrogen-bond donors (Lipinski definition) is 1. The normalized spacial score (nSPS) is 11.1. The van der Waals surface area contributed by atoms with E-state index in [1.165, 1.54) is 6.07 Å². The second-order valence-electron chi connectivity index (χ2n) is 2.50. The molecule has 8 heteroatoms. The average molecular weight is 360 g/mol. The monoisotopic (exact) mass is 358 g/mol. The first-order chi connectivity index (χ1) is 6.84. The third-order valence-electron chi connectivity index (χ3n) is 1.46. The molecule has 0 aliphatic rings. The molecule has 0 aromatic heterocycles. The number of benzene rings is 1. The van der Waals surface area contributed by atoms with Crippen molar-refractivity contribution in [3.05, 3.63) is 33.3 Å². The lowest BCUT2D eigenvalue weighted by Gasteiger charge is -2.15. The molecule has 5 nitrogen and oxygen atoms in total. The molecule has 0 aliphatic heterocycles. The summed E-state index contributed by atoms with van der Waals surface area (Å²) >= 11 is 11.2. The number of nitrogens with zero attached hydrogens (tertiary/aromatic N) is 1. The van der Waals surface area contributed by atoms with Crippen LogP contribution in [0.2, 0.25) is 5.02 Å². The zero-order valence-corrected chi connectivity index (χ0v) is 11.0. The molecule has 0 bridgehead atoms. The number of anilines is 1. The lowest BCUT2D eigenvalue weighted by atomic mass is 10.3. The Hall–Kier alpha value is -0.530. The van der Waals surface area contributed by atoms with Gasteiger partial charge in [0.25, 0.3) is 0 Å². The quantitative estimate of drug-likeness (QED) is 0.224. The lowest BCUT2D eigenvalue weighted by molar-refractivity contribution is -0.542. The predicted octanol–water partition coefficient (Wildman–Crippen LogP) is 2.98. The molecule has 0 saturated carbocycles. The van der Waals surface area contributed by atoms with Gasteiger partial charge in [0.05, 0.1) is 47.5 Å². The van der Waals surface area contributed by atoms with E-state index >= 15 is 0 Å². The maximum atomic E-state index is 10.5. The van der Waals surface area contributed by atoms with Gasteiger partial charge in [0.15, 0.2) is 5.75 Å². The van der Waals surface area contributed by atoms with Gasteiger partial charge >= 0.3 is 3.54 Å². The first kappa shape index (κ1) is 12.5. The van der Waals surface area contributed by atoms with E-state index in [9.17, 15) is 10.1 Å². The molecule has 2 N–H and O–H groups in total. The number of nitrogens with two attached hydrogens (primary N) is 1. The number of nitrogen functional groups attached to an aromatic ring is 1. The Morgan fingerprint density at radius 1 is 1.53 bits per heavy atom. The summed E-state index contributed by atoms with van der Waals surface area (Å²) in [4.78, 5) is 9.83. The number of ether oxygens (including phenoxy) is 1. The molecule has 82 valence electrons. The van der Waals surface area contributed by atoms with E-state index in [0.29, 0.717) is 0 Å². The summed E-state index contributed by atoms with van der Waals surface area (Å²) in [5, 5.41) is 10.8. The maximum absolute atomic E-state index is 10.5. The highest BCUT2D eigenvalue weighted by molar-refractivity contribution is 9.25. The van der Waals surface area contributed by atoms with Gasteiger partial charge in [0.1, 0.15) is 0 Å². The third kappa shape index (κ3) is 2.96. The molecule has 0 saturated heterocycles. The molecule has 1 aromatic carbocycles. The summed E-state index contributed by atoms with van der Waals surface area (Å²) in [6.07, 6.45) is 0. The molecule has 0 heterocycles. The van der Waals surface area contributed by atoms with Gasteiger partial charge in [-0.2, -0.15) is 0 Å². The zero-order chi connectivity index (χ0) is 11.6. The lowest BCUT2D eigenvalue weighted by Crippen LogP contribution is -2.30. The SMILES string of the molecule is Nc1c(Cl)cccc1OC(Br)(Br)[N+](=O)[O-]. The van der Waals surface area contributed by atoms with Crippen LogP contribution >= 0.6 is 43.5 Å². The fourth-order valence-electron chi connectivity index (χ4n) is 0.776. The Kier molecular flexibility index (Phi) is 3.80. The highest BCUT2D eigenvalue weighted by atomic mass is 79.9. The van der Waals surface area contributed by atoms with E-state index in [-0.39, 0.29) is 16.5 Å². The van der Waals surface area contributed by atoms with Crippen molar-refractivity contribution in [3.8, 4) is 5.75 Å². The predicted molar refractivity (Wildman–Crippen MR) is 64.1 cm³/mol. The summed E-state index contributed by atoms with van der Waals surface area (Å²) < 4.78 is 3.10. The van der Waals surface area contributed by atoms with Gasteiger partial charge in [-0.15, -0.1) is 0 Å². The standard InChI is InChI=1S/C7H5Br2ClN2O3/c8-7(9,12(13)14)15-5-3-1-2-4(10)6(5)11/h1-3H,11H2. The molecule has 0 amide bonds. The second-order valence-corrected chi connectivity index (χ2v) is 6.12. The van der Waals surface area contributed by atoms with Gasteiger partial charge in [-0.3, -0.25) is 10.1 Å². The molecule has 15 heavy (non-hydrogen) atoms. The molecule has 1 rings (SSSR count). The average Bonchev–Trinajstić information content (AvgIpc) is 2.12. The number of alkyl halides is 2. The van der Waals surface area contributed by atoms with Crippen LogP contribution in [-0.4, -0.2) is 8.47 Å². The molecule has 0 unspecified atom stereocenters. The Morgan fingerprint density at radius 3 is 2.67 bits per heavy atom. The number of rotatable bonds is 3. The van der Waals surface area contributed by atoms with Crippen molar-refractivity contribution in [2.24, 2.45) is 0 Å². The fraction of sp³-hybridized carbons (Fsp3) is 0.143. The first-order valence-corrected chi connectivity index (χ1v) is 5.56. The number of para-hydroxylation sites is 1. The molecule has 0 spiro atoms. The van der Waals surface area contributed by atoms with Crippen molar-refractivity contribution in [1.29, 1.82) is 0 Å². The van der Waals surface area contributed by atoms with Crippen LogP contribution in [0, 0.1) is 10.1 Å². The summed E-state index contributed by atoms with van der Waals surface area (Å²) in [5.41, 5.74) is 5.71. The van der Waals surface area contributed by atoms with Crippen LogP contribution in [0.1, 0.15) is 0 Å². The zero-order valence-electron chi connectivity index (χ0n) is 7.12. The van der Waals surface area contributed by atoms with E-state index in [0.717, 1.165) is 0 Å². The minimum atomic E-state index is -1.90. The van der Waals surface area contributed by atoms with E-state index in [1.54, 1.807) is 12.1 Å². The first-order valence-electron chi connectivity index (χ1n) is 3.60. The Morgan fingerprint density at radius 2 is 2.13 bits per heavy atom. The molecular weight excluding hydrogens is 355 g/mol. The van der Waals surface area contributed by atoms with E-state index < -0.39 is 8.47 Å². The smallest absolute Gasteiger partial charge is 0.409 e. The number of halogens is 3. The highest BCUT2D eigenvalue weighted by Gasteiger charge is 2.39.